The van der Waals surface area contributed by atoms with Crippen molar-refractivity contribution in [2.45, 2.75) is 6.92 Å². The van der Waals surface area contributed by atoms with Crippen LogP contribution in [0.4, 0.5) is 5.69 Å². The van der Waals surface area contributed by atoms with Gasteiger partial charge in [0.25, 0.3) is 5.91 Å². The Morgan fingerprint density at radius 3 is 2.62 bits per heavy atom. The minimum Gasteiger partial charge on any atom is -0.486 e. The first kappa shape index (κ1) is 19.3. The summed E-state index contributed by atoms with van der Waals surface area (Å²) in [5.41, 5.74) is 2.43. The van der Waals surface area contributed by atoms with E-state index in [1.54, 1.807) is 36.4 Å². The molecule has 0 bridgehead atoms. The number of carbonyl (C=O) groups excluding carboxylic acids is 1. The predicted octanol–water partition coefficient (Wildman–Crippen LogP) is 4.81. The minimum atomic E-state index is -0.454. The maximum absolute atomic E-state index is 12.4. The maximum atomic E-state index is 12.4. The van der Waals surface area contributed by atoms with Gasteiger partial charge in [-0.05, 0) is 55.0 Å². The van der Waals surface area contributed by atoms with Gasteiger partial charge < -0.3 is 19.2 Å². The Bertz CT molecular complexity index is 1100. The van der Waals surface area contributed by atoms with Crippen LogP contribution in [0.5, 0.6) is 11.5 Å². The zero-order valence-corrected chi connectivity index (χ0v) is 17.0. The number of anilines is 1. The van der Waals surface area contributed by atoms with Crippen molar-refractivity contribution in [3.8, 4) is 22.8 Å². The molecule has 1 amide bonds. The number of thiocarbonyl (C=S) groups is 1. The van der Waals surface area contributed by atoms with Gasteiger partial charge in [-0.25, -0.2) is 0 Å². The lowest BCUT2D eigenvalue weighted by Crippen LogP contribution is -2.33. The third-order valence-electron chi connectivity index (χ3n) is 4.31. The summed E-state index contributed by atoms with van der Waals surface area (Å²) in [6.07, 6.45) is 0. The second-order valence-corrected chi connectivity index (χ2v) is 7.21. The molecule has 0 spiro atoms. The van der Waals surface area contributed by atoms with Gasteiger partial charge in [-0.2, -0.15) is 0 Å². The van der Waals surface area contributed by atoms with Crippen LogP contribution in [-0.2, 0) is 0 Å². The lowest BCUT2D eigenvalue weighted by atomic mass is 10.1. The molecule has 2 heterocycles. The van der Waals surface area contributed by atoms with Gasteiger partial charge in [-0.3, -0.25) is 10.1 Å². The Balaban J connectivity index is 1.41. The molecule has 0 saturated carbocycles. The molecule has 8 heteroatoms. The summed E-state index contributed by atoms with van der Waals surface area (Å²) in [5.74, 6) is 1.54. The van der Waals surface area contributed by atoms with Crippen LogP contribution in [0, 0.1) is 6.92 Å². The summed E-state index contributed by atoms with van der Waals surface area (Å²) >= 11 is 11.4. The van der Waals surface area contributed by atoms with Gasteiger partial charge in [0, 0.05) is 22.3 Å². The first-order valence-electron chi connectivity index (χ1n) is 8.88. The Kier molecular flexibility index (Phi) is 5.42. The molecule has 0 radical (unpaired) electrons. The molecule has 0 unspecified atom stereocenters. The van der Waals surface area contributed by atoms with Crippen LogP contribution >= 0.6 is 23.8 Å². The van der Waals surface area contributed by atoms with E-state index < -0.39 is 5.91 Å². The number of aryl methyl sites for hydroxylation is 1. The van der Waals surface area contributed by atoms with Crippen LogP contribution in [0.2, 0.25) is 5.02 Å². The van der Waals surface area contributed by atoms with Crippen LogP contribution in [0.1, 0.15) is 16.1 Å². The molecule has 1 aliphatic heterocycles. The largest absolute Gasteiger partial charge is 0.486 e. The molecule has 0 atom stereocenters. The standard InChI is InChI=1S/C21H17ClN2O4S/c1-12-2-3-13(10-15(12)22)16-6-7-18(28-16)20(25)24-21(29)23-14-4-5-17-19(11-14)27-9-8-26-17/h2-7,10-11H,8-9H2,1H3,(H2,23,24,25,29). The average Bonchev–Trinajstić information content (AvgIpc) is 3.20. The van der Waals surface area contributed by atoms with Crippen molar-refractivity contribution in [1.82, 2.24) is 5.32 Å². The second-order valence-electron chi connectivity index (χ2n) is 6.39. The van der Waals surface area contributed by atoms with Crippen molar-refractivity contribution in [3.05, 3.63) is 64.9 Å². The van der Waals surface area contributed by atoms with Crippen molar-refractivity contribution in [2.24, 2.45) is 0 Å². The highest BCUT2D eigenvalue weighted by molar-refractivity contribution is 7.80. The van der Waals surface area contributed by atoms with E-state index >= 15 is 0 Å². The smallest absolute Gasteiger partial charge is 0.293 e. The lowest BCUT2D eigenvalue weighted by Gasteiger charge is -2.19. The predicted molar refractivity (Wildman–Crippen MR) is 115 cm³/mol. The third kappa shape index (κ3) is 4.36. The van der Waals surface area contributed by atoms with Gasteiger partial charge in [-0.15, -0.1) is 0 Å². The van der Waals surface area contributed by atoms with Crippen molar-refractivity contribution in [2.75, 3.05) is 18.5 Å². The maximum Gasteiger partial charge on any atom is 0.293 e. The average molecular weight is 429 g/mol. The van der Waals surface area contributed by atoms with Crippen molar-refractivity contribution in [1.29, 1.82) is 0 Å². The van der Waals surface area contributed by atoms with Gasteiger partial charge >= 0.3 is 0 Å². The Labute approximate surface area is 177 Å². The molecular formula is C21H17ClN2O4S. The molecule has 0 fully saturated rings. The fourth-order valence-electron chi connectivity index (χ4n) is 2.81. The van der Waals surface area contributed by atoms with Gasteiger partial charge in [0.15, 0.2) is 22.4 Å². The summed E-state index contributed by atoms with van der Waals surface area (Å²) in [4.78, 5) is 12.4. The molecule has 6 nitrogen and oxygen atoms in total. The summed E-state index contributed by atoms with van der Waals surface area (Å²) in [6, 6.07) is 14.2. The molecule has 3 aromatic rings. The number of rotatable bonds is 3. The number of carbonyl (C=O) groups is 1. The van der Waals surface area contributed by atoms with Crippen molar-refractivity contribution < 1.29 is 18.7 Å². The summed E-state index contributed by atoms with van der Waals surface area (Å²) < 4.78 is 16.7. The van der Waals surface area contributed by atoms with E-state index in [-0.39, 0.29) is 10.9 Å². The van der Waals surface area contributed by atoms with Crippen LogP contribution in [0.25, 0.3) is 11.3 Å². The zero-order valence-electron chi connectivity index (χ0n) is 15.5. The monoisotopic (exact) mass is 428 g/mol. The Hall–Kier alpha value is -3.03. The van der Waals surface area contributed by atoms with E-state index in [9.17, 15) is 4.79 Å². The zero-order chi connectivity index (χ0) is 20.4. The number of hydrogen-bond donors (Lipinski definition) is 2. The molecule has 4 rings (SSSR count). The molecular weight excluding hydrogens is 412 g/mol. The summed E-state index contributed by atoms with van der Waals surface area (Å²) in [5, 5.41) is 6.32. The van der Waals surface area contributed by atoms with Crippen LogP contribution in [-0.4, -0.2) is 24.2 Å². The highest BCUT2D eigenvalue weighted by Crippen LogP contribution is 2.32. The topological polar surface area (TPSA) is 72.7 Å². The lowest BCUT2D eigenvalue weighted by molar-refractivity contribution is 0.0951. The number of ether oxygens (including phenoxy) is 2. The number of amides is 1. The fourth-order valence-corrected chi connectivity index (χ4v) is 3.20. The van der Waals surface area contributed by atoms with E-state index in [1.807, 2.05) is 19.1 Å². The second kappa shape index (κ2) is 8.14. The quantitative estimate of drug-likeness (QED) is 0.583. The normalized spacial score (nSPS) is 12.3. The molecule has 0 saturated heterocycles. The highest BCUT2D eigenvalue weighted by atomic mass is 35.5. The number of nitrogens with one attached hydrogen (secondary N) is 2. The highest BCUT2D eigenvalue weighted by Gasteiger charge is 2.16. The molecule has 148 valence electrons. The third-order valence-corrected chi connectivity index (χ3v) is 4.92. The molecule has 1 aromatic heterocycles. The van der Waals surface area contributed by atoms with Crippen LogP contribution < -0.4 is 20.1 Å². The summed E-state index contributed by atoms with van der Waals surface area (Å²) in [7, 11) is 0. The van der Waals surface area contributed by atoms with Crippen LogP contribution in [0.15, 0.2) is 52.9 Å². The van der Waals surface area contributed by atoms with Gasteiger partial charge in [0.2, 0.25) is 0 Å². The van der Waals surface area contributed by atoms with Gasteiger partial charge in [0.1, 0.15) is 19.0 Å². The number of furan rings is 1. The Morgan fingerprint density at radius 2 is 1.83 bits per heavy atom. The number of halogens is 1. The number of benzene rings is 2. The first-order valence-corrected chi connectivity index (χ1v) is 9.66. The molecule has 29 heavy (non-hydrogen) atoms. The van der Waals surface area contributed by atoms with Gasteiger partial charge in [0.05, 0.1) is 0 Å². The van der Waals surface area contributed by atoms with E-state index in [0.29, 0.717) is 41.2 Å². The van der Waals surface area contributed by atoms with Crippen molar-refractivity contribution in [3.63, 3.8) is 0 Å². The van der Waals surface area contributed by atoms with E-state index in [2.05, 4.69) is 10.6 Å². The SMILES string of the molecule is Cc1ccc(-c2ccc(C(=O)NC(=S)Nc3ccc4c(c3)OCCO4)o2)cc1Cl. The minimum absolute atomic E-state index is 0.142. The van der Waals surface area contributed by atoms with Gasteiger partial charge in [-0.1, -0.05) is 23.7 Å². The molecule has 1 aliphatic rings. The van der Waals surface area contributed by atoms with Crippen molar-refractivity contribution >= 4 is 40.5 Å². The molecule has 2 aromatic carbocycles. The number of hydrogen-bond acceptors (Lipinski definition) is 5. The first-order chi connectivity index (χ1) is 14.0. The fraction of sp³-hybridized carbons (Fsp3) is 0.143. The van der Waals surface area contributed by atoms with Crippen LogP contribution in [0.3, 0.4) is 0 Å². The molecule has 0 aliphatic carbocycles. The van der Waals surface area contributed by atoms with E-state index in [4.69, 9.17) is 37.7 Å². The van der Waals surface area contributed by atoms with E-state index in [1.165, 1.54) is 0 Å². The Morgan fingerprint density at radius 1 is 1.03 bits per heavy atom. The number of fused-ring (bicyclic) bond motifs is 1. The van der Waals surface area contributed by atoms with E-state index in [0.717, 1.165) is 11.1 Å². The molecule has 2 N–H and O–H groups in total. The summed E-state index contributed by atoms with van der Waals surface area (Å²) in [6.45, 7) is 2.93.